The third-order valence-electron chi connectivity index (χ3n) is 5.76. The zero-order valence-corrected chi connectivity index (χ0v) is 22.1. The second-order valence-corrected chi connectivity index (χ2v) is 8.48. The monoisotopic (exact) mass is 548 g/mol. The van der Waals surface area contributed by atoms with Crippen LogP contribution in [0.1, 0.15) is 5.56 Å². The number of aliphatic carboxylic acids is 1. The summed E-state index contributed by atoms with van der Waals surface area (Å²) in [5, 5.41) is 8.88. The lowest BCUT2D eigenvalue weighted by Crippen LogP contribution is -2.56. The van der Waals surface area contributed by atoms with Gasteiger partial charge in [0.1, 0.15) is 17.1 Å². The largest absolute Gasteiger partial charge is 0.497 e. The Kier molecular flexibility index (Phi) is 8.11. The highest BCUT2D eigenvalue weighted by Crippen LogP contribution is 2.33. The van der Waals surface area contributed by atoms with Gasteiger partial charge in [-0.3, -0.25) is 19.4 Å². The Balaban J connectivity index is 1.80. The number of amides is 2. The predicted octanol–water partition coefficient (Wildman–Crippen LogP) is 3.92. The van der Waals surface area contributed by atoms with Crippen LogP contribution in [0.3, 0.4) is 0 Å². The first kappa shape index (κ1) is 27.1. The highest BCUT2D eigenvalue weighted by atomic mass is 32.1. The van der Waals surface area contributed by atoms with Crippen LogP contribution < -0.4 is 28.7 Å². The quantitative estimate of drug-likeness (QED) is 0.241. The summed E-state index contributed by atoms with van der Waals surface area (Å²) >= 11 is 5.65. The van der Waals surface area contributed by atoms with Crippen molar-refractivity contribution in [3.8, 4) is 23.0 Å². The van der Waals surface area contributed by atoms with E-state index >= 15 is 0 Å². The minimum atomic E-state index is -1.14. The predicted molar refractivity (Wildman–Crippen MR) is 148 cm³/mol. The molecule has 0 atom stereocenters. The maximum atomic E-state index is 13.7. The molecule has 11 heteroatoms. The van der Waals surface area contributed by atoms with E-state index in [-0.39, 0.29) is 22.2 Å². The topological polar surface area (TPSA) is 115 Å². The van der Waals surface area contributed by atoms with Crippen LogP contribution in [0.5, 0.6) is 23.0 Å². The Morgan fingerprint density at radius 1 is 0.795 bits per heavy atom. The maximum absolute atomic E-state index is 13.7. The maximum Gasteiger partial charge on any atom is 0.341 e. The van der Waals surface area contributed by atoms with Crippen molar-refractivity contribution in [1.82, 2.24) is 0 Å². The van der Waals surface area contributed by atoms with E-state index in [2.05, 4.69) is 0 Å². The number of rotatable bonds is 9. The van der Waals surface area contributed by atoms with Gasteiger partial charge in [-0.15, -0.1) is 0 Å². The van der Waals surface area contributed by atoms with Crippen molar-refractivity contribution >= 4 is 52.6 Å². The third kappa shape index (κ3) is 5.68. The third-order valence-corrected chi connectivity index (χ3v) is 6.13. The molecule has 1 fully saturated rings. The molecule has 4 rings (SSSR count). The van der Waals surface area contributed by atoms with E-state index in [4.69, 9.17) is 36.3 Å². The van der Waals surface area contributed by atoms with Gasteiger partial charge in [0.15, 0.2) is 23.2 Å². The van der Waals surface area contributed by atoms with Gasteiger partial charge >= 0.3 is 5.97 Å². The molecule has 2 amide bonds. The molecule has 200 valence electrons. The number of benzene rings is 3. The van der Waals surface area contributed by atoms with Gasteiger partial charge < -0.3 is 24.1 Å². The number of carbonyl (C=O) groups excluding carboxylic acids is 2. The molecule has 0 saturated carbocycles. The van der Waals surface area contributed by atoms with E-state index in [1.807, 2.05) is 0 Å². The van der Waals surface area contributed by atoms with Gasteiger partial charge in [0.2, 0.25) is 0 Å². The summed E-state index contributed by atoms with van der Waals surface area (Å²) in [6, 6.07) is 18.0. The number of ether oxygens (including phenoxy) is 4. The van der Waals surface area contributed by atoms with Crippen molar-refractivity contribution in [3.63, 3.8) is 0 Å². The summed E-state index contributed by atoms with van der Waals surface area (Å²) in [4.78, 5) is 40.9. The Morgan fingerprint density at radius 3 is 1.74 bits per heavy atom. The summed E-state index contributed by atoms with van der Waals surface area (Å²) < 4.78 is 21.0. The fourth-order valence-corrected chi connectivity index (χ4v) is 4.22. The molecule has 0 unspecified atom stereocenters. The fourth-order valence-electron chi connectivity index (χ4n) is 3.85. The van der Waals surface area contributed by atoms with Crippen LogP contribution >= 0.6 is 12.2 Å². The summed E-state index contributed by atoms with van der Waals surface area (Å²) in [5.41, 5.74) is 1.18. The Labute approximate surface area is 229 Å². The van der Waals surface area contributed by atoms with E-state index < -0.39 is 24.4 Å². The number of methoxy groups -OCH3 is 3. The SMILES string of the molecule is COc1ccc(N2C(=O)C(=Cc3ccc(OCC(=O)O)c(OC)c3)C(=O)N(c3ccc(OC)cc3)C2=S)cc1. The average molecular weight is 549 g/mol. The van der Waals surface area contributed by atoms with Crippen LogP contribution in [-0.4, -0.2) is 55.9 Å². The molecule has 1 heterocycles. The minimum Gasteiger partial charge on any atom is -0.497 e. The first-order valence-corrected chi connectivity index (χ1v) is 11.9. The first-order chi connectivity index (χ1) is 18.8. The molecule has 1 saturated heterocycles. The summed E-state index contributed by atoms with van der Waals surface area (Å²) in [7, 11) is 4.46. The molecular weight excluding hydrogens is 524 g/mol. The molecule has 0 spiro atoms. The van der Waals surface area contributed by atoms with Crippen molar-refractivity contribution in [2.24, 2.45) is 0 Å². The zero-order valence-electron chi connectivity index (χ0n) is 21.2. The molecule has 3 aromatic carbocycles. The van der Waals surface area contributed by atoms with Gasteiger partial charge in [-0.2, -0.15) is 0 Å². The number of carboxylic acid groups (broad SMARTS) is 1. The second kappa shape index (κ2) is 11.7. The standard InChI is InChI=1S/C28H24N2O8S/c1-35-20-9-5-18(6-10-20)29-26(33)22(14-17-4-13-23(24(15-17)37-3)38-16-25(31)32)27(34)30(28(29)39)19-7-11-21(36-2)12-8-19/h4-15H,16H2,1-3H3,(H,31,32). The van der Waals surface area contributed by atoms with Crippen LogP contribution in [0.2, 0.25) is 0 Å². The van der Waals surface area contributed by atoms with Gasteiger partial charge in [-0.25, -0.2) is 4.79 Å². The molecule has 0 aromatic heterocycles. The Bertz CT molecular complexity index is 1380. The van der Waals surface area contributed by atoms with Crippen molar-refractivity contribution in [2.45, 2.75) is 0 Å². The van der Waals surface area contributed by atoms with E-state index in [0.717, 1.165) is 0 Å². The Morgan fingerprint density at radius 2 is 1.31 bits per heavy atom. The van der Waals surface area contributed by atoms with E-state index in [1.165, 1.54) is 49.3 Å². The Hall–Kier alpha value is -4.90. The van der Waals surface area contributed by atoms with Crippen molar-refractivity contribution < 1.29 is 38.4 Å². The number of hydrogen-bond donors (Lipinski definition) is 1. The molecule has 1 N–H and O–H groups in total. The van der Waals surface area contributed by atoms with Crippen LogP contribution in [0.25, 0.3) is 6.08 Å². The molecule has 3 aromatic rings. The van der Waals surface area contributed by atoms with Crippen LogP contribution in [0.4, 0.5) is 11.4 Å². The van der Waals surface area contributed by atoms with Crippen LogP contribution in [0.15, 0.2) is 72.3 Å². The highest BCUT2D eigenvalue weighted by Gasteiger charge is 2.41. The van der Waals surface area contributed by atoms with Gasteiger partial charge in [-0.05, 0) is 84.5 Å². The van der Waals surface area contributed by atoms with Gasteiger partial charge in [0, 0.05) is 0 Å². The number of nitrogens with zero attached hydrogens (tertiary/aromatic N) is 2. The minimum absolute atomic E-state index is 0.0208. The smallest absolute Gasteiger partial charge is 0.341 e. The normalized spacial score (nSPS) is 13.3. The van der Waals surface area contributed by atoms with Crippen molar-refractivity contribution in [2.75, 3.05) is 37.7 Å². The summed E-state index contributed by atoms with van der Waals surface area (Å²) in [6.07, 6.45) is 1.42. The van der Waals surface area contributed by atoms with E-state index in [0.29, 0.717) is 28.4 Å². The van der Waals surface area contributed by atoms with Gasteiger partial charge in [0.05, 0.1) is 32.7 Å². The molecule has 1 aliphatic rings. The average Bonchev–Trinajstić information content (AvgIpc) is 2.95. The van der Waals surface area contributed by atoms with Crippen molar-refractivity contribution in [3.05, 3.63) is 77.9 Å². The van der Waals surface area contributed by atoms with Crippen molar-refractivity contribution in [1.29, 1.82) is 0 Å². The molecule has 1 aliphatic heterocycles. The van der Waals surface area contributed by atoms with Gasteiger partial charge in [0.25, 0.3) is 11.8 Å². The molecule has 39 heavy (non-hydrogen) atoms. The number of thiocarbonyl (C=S) groups is 1. The lowest BCUT2D eigenvalue weighted by atomic mass is 10.0. The molecule has 0 radical (unpaired) electrons. The highest BCUT2D eigenvalue weighted by molar-refractivity contribution is 7.81. The van der Waals surface area contributed by atoms with E-state index in [1.54, 1.807) is 54.6 Å². The first-order valence-electron chi connectivity index (χ1n) is 11.5. The van der Waals surface area contributed by atoms with Crippen LogP contribution in [0, 0.1) is 0 Å². The molecular formula is C28H24N2O8S. The zero-order chi connectivity index (χ0) is 28.1. The lowest BCUT2D eigenvalue weighted by molar-refractivity contribution is -0.139. The number of carbonyl (C=O) groups is 3. The fraction of sp³-hybridized carbons (Fsp3) is 0.143. The number of hydrogen-bond acceptors (Lipinski definition) is 8. The summed E-state index contributed by atoms with van der Waals surface area (Å²) in [5.74, 6) is -0.777. The van der Waals surface area contributed by atoms with E-state index in [9.17, 15) is 14.4 Å². The number of anilines is 2. The molecule has 10 nitrogen and oxygen atoms in total. The van der Waals surface area contributed by atoms with Crippen LogP contribution in [-0.2, 0) is 14.4 Å². The lowest BCUT2D eigenvalue weighted by Gasteiger charge is -2.36. The number of carboxylic acids is 1. The molecule has 0 bridgehead atoms. The summed E-state index contributed by atoms with van der Waals surface area (Å²) in [6.45, 7) is -0.557. The second-order valence-electron chi connectivity index (χ2n) is 8.11. The molecule has 0 aliphatic carbocycles. The van der Waals surface area contributed by atoms with Gasteiger partial charge in [-0.1, -0.05) is 6.07 Å².